The van der Waals surface area contributed by atoms with Crippen molar-refractivity contribution in [3.8, 4) is 17.3 Å². The quantitative estimate of drug-likeness (QED) is 0.490. The van der Waals surface area contributed by atoms with Crippen molar-refractivity contribution in [3.63, 3.8) is 0 Å². The van der Waals surface area contributed by atoms with E-state index in [4.69, 9.17) is 4.74 Å². The minimum Gasteiger partial charge on any atom is -0.460 e. The van der Waals surface area contributed by atoms with Crippen LogP contribution in [-0.2, 0) is 16.1 Å². The number of hydrogen-bond donors (Lipinski definition) is 0. The van der Waals surface area contributed by atoms with E-state index in [1.54, 1.807) is 24.5 Å². The van der Waals surface area contributed by atoms with E-state index in [1.165, 1.54) is 11.8 Å². The summed E-state index contributed by atoms with van der Waals surface area (Å²) >= 11 is 1.20. The zero-order chi connectivity index (χ0) is 18.2. The van der Waals surface area contributed by atoms with Gasteiger partial charge in [0.15, 0.2) is 0 Å². The van der Waals surface area contributed by atoms with Crippen molar-refractivity contribution in [2.24, 2.45) is 0 Å². The Labute approximate surface area is 155 Å². The first-order valence-corrected chi connectivity index (χ1v) is 8.89. The molecule has 0 aliphatic heterocycles. The first-order valence-electron chi connectivity index (χ1n) is 7.90. The van der Waals surface area contributed by atoms with Crippen molar-refractivity contribution in [1.82, 2.24) is 9.97 Å². The van der Waals surface area contributed by atoms with Crippen LogP contribution in [0.4, 0.5) is 0 Å². The lowest BCUT2D eigenvalue weighted by Gasteiger charge is -2.07. The van der Waals surface area contributed by atoms with Crippen LogP contribution in [0.2, 0.25) is 0 Å². The van der Waals surface area contributed by atoms with E-state index in [0.717, 1.165) is 11.1 Å². The molecule has 26 heavy (non-hydrogen) atoms. The number of aromatic nitrogens is 2. The number of rotatable bonds is 6. The molecule has 0 bridgehead atoms. The van der Waals surface area contributed by atoms with Gasteiger partial charge in [-0.3, -0.25) is 9.78 Å². The van der Waals surface area contributed by atoms with Crippen molar-refractivity contribution in [2.45, 2.75) is 11.6 Å². The molecule has 5 nitrogen and oxygen atoms in total. The van der Waals surface area contributed by atoms with Gasteiger partial charge in [-0.15, -0.1) is 0 Å². The van der Waals surface area contributed by atoms with Gasteiger partial charge in [0.1, 0.15) is 17.7 Å². The second-order valence-corrected chi connectivity index (χ2v) is 6.30. The monoisotopic (exact) mass is 361 g/mol. The van der Waals surface area contributed by atoms with Crippen molar-refractivity contribution < 1.29 is 9.53 Å². The maximum atomic E-state index is 12.0. The molecular formula is C20H15N3O2S. The van der Waals surface area contributed by atoms with Gasteiger partial charge < -0.3 is 4.74 Å². The molecule has 0 atom stereocenters. The summed E-state index contributed by atoms with van der Waals surface area (Å²) < 4.78 is 5.26. The van der Waals surface area contributed by atoms with Crippen LogP contribution in [0.3, 0.4) is 0 Å². The number of thioether (sulfide) groups is 1. The fourth-order valence-corrected chi connectivity index (χ4v) is 2.99. The van der Waals surface area contributed by atoms with Gasteiger partial charge >= 0.3 is 5.97 Å². The van der Waals surface area contributed by atoms with Gasteiger partial charge in [0, 0.05) is 18.0 Å². The van der Waals surface area contributed by atoms with Crippen molar-refractivity contribution >= 4 is 17.7 Å². The Kier molecular flexibility index (Phi) is 5.96. The Hall–Kier alpha value is -3.17. The summed E-state index contributed by atoms with van der Waals surface area (Å²) in [6.45, 7) is 0.231. The minimum atomic E-state index is -0.351. The molecule has 2 heterocycles. The first kappa shape index (κ1) is 17.6. The van der Waals surface area contributed by atoms with Crippen LogP contribution in [0.5, 0.6) is 0 Å². The Bertz CT molecular complexity index is 925. The topological polar surface area (TPSA) is 75.9 Å². The average Bonchev–Trinajstić information content (AvgIpc) is 2.72. The molecule has 0 saturated carbocycles. The summed E-state index contributed by atoms with van der Waals surface area (Å²) in [6.07, 6.45) is 3.39. The molecule has 1 aromatic carbocycles. The summed E-state index contributed by atoms with van der Waals surface area (Å²) in [4.78, 5) is 20.6. The molecule has 0 radical (unpaired) electrons. The van der Waals surface area contributed by atoms with Crippen LogP contribution in [0, 0.1) is 11.3 Å². The third-order valence-electron chi connectivity index (χ3n) is 3.51. The van der Waals surface area contributed by atoms with Gasteiger partial charge in [-0.05, 0) is 29.8 Å². The number of carbonyl (C=O) groups is 1. The van der Waals surface area contributed by atoms with Crippen LogP contribution in [-0.4, -0.2) is 21.7 Å². The molecular weight excluding hydrogens is 346 g/mol. The Balaban J connectivity index is 1.65. The highest BCUT2D eigenvalue weighted by Crippen LogP contribution is 2.25. The molecule has 0 N–H and O–H groups in total. The molecule has 3 rings (SSSR count). The Morgan fingerprint density at radius 3 is 2.69 bits per heavy atom. The molecule has 0 unspecified atom stereocenters. The maximum absolute atomic E-state index is 12.0. The molecule has 6 heteroatoms. The van der Waals surface area contributed by atoms with Crippen LogP contribution in [0.15, 0.2) is 72.0 Å². The van der Waals surface area contributed by atoms with E-state index >= 15 is 0 Å². The molecule has 3 aromatic rings. The van der Waals surface area contributed by atoms with Crippen LogP contribution >= 0.6 is 11.8 Å². The summed E-state index contributed by atoms with van der Waals surface area (Å²) in [5, 5.41) is 9.77. The molecule has 0 aliphatic carbocycles. The highest BCUT2D eigenvalue weighted by molar-refractivity contribution is 7.99. The van der Waals surface area contributed by atoms with Gasteiger partial charge in [-0.1, -0.05) is 42.1 Å². The van der Waals surface area contributed by atoms with Crippen LogP contribution < -0.4 is 0 Å². The SMILES string of the molecule is N#Cc1ccc(-c2cccnc2)nc1SCC(=O)OCc1ccccc1. The second-order valence-electron chi connectivity index (χ2n) is 5.34. The van der Waals surface area contributed by atoms with E-state index < -0.39 is 0 Å². The smallest absolute Gasteiger partial charge is 0.316 e. The third kappa shape index (κ3) is 4.68. The lowest BCUT2D eigenvalue weighted by Crippen LogP contribution is -2.07. The predicted octanol–water partition coefficient (Wildman–Crippen LogP) is 3.85. The Morgan fingerprint density at radius 2 is 1.96 bits per heavy atom. The lowest BCUT2D eigenvalue weighted by molar-refractivity contribution is -0.141. The highest BCUT2D eigenvalue weighted by Gasteiger charge is 2.11. The summed E-state index contributed by atoms with van der Waals surface area (Å²) in [6, 6.07) is 18.8. The van der Waals surface area contributed by atoms with E-state index in [-0.39, 0.29) is 18.3 Å². The first-order chi connectivity index (χ1) is 12.8. The average molecular weight is 361 g/mol. The van der Waals surface area contributed by atoms with Gasteiger partial charge in [0.2, 0.25) is 0 Å². The van der Waals surface area contributed by atoms with E-state index in [1.807, 2.05) is 42.5 Å². The second kappa shape index (κ2) is 8.79. The number of nitriles is 1. The zero-order valence-corrected chi connectivity index (χ0v) is 14.6. The summed E-state index contributed by atoms with van der Waals surface area (Å²) in [5.41, 5.74) is 2.92. The molecule has 0 spiro atoms. The van der Waals surface area contributed by atoms with Crippen LogP contribution in [0.25, 0.3) is 11.3 Å². The van der Waals surface area contributed by atoms with E-state index in [2.05, 4.69) is 16.0 Å². The minimum absolute atomic E-state index is 0.0883. The van der Waals surface area contributed by atoms with Gasteiger partial charge in [0.05, 0.1) is 17.0 Å². The highest BCUT2D eigenvalue weighted by atomic mass is 32.2. The maximum Gasteiger partial charge on any atom is 0.316 e. The zero-order valence-electron chi connectivity index (χ0n) is 13.8. The van der Waals surface area contributed by atoms with E-state index in [9.17, 15) is 10.1 Å². The van der Waals surface area contributed by atoms with Gasteiger partial charge in [-0.2, -0.15) is 5.26 Å². The molecule has 128 valence electrons. The van der Waals surface area contributed by atoms with Crippen LogP contribution in [0.1, 0.15) is 11.1 Å². The molecule has 0 amide bonds. The molecule has 0 saturated heterocycles. The standard InChI is InChI=1S/C20H15N3O2S/c21-11-16-8-9-18(17-7-4-10-22-12-17)23-20(16)26-14-19(24)25-13-15-5-2-1-3-6-15/h1-10,12H,13-14H2. The summed E-state index contributed by atoms with van der Waals surface area (Å²) in [5.74, 6) is -0.262. The van der Waals surface area contributed by atoms with Crippen molar-refractivity contribution in [3.05, 3.63) is 78.1 Å². The summed E-state index contributed by atoms with van der Waals surface area (Å²) in [7, 11) is 0. The normalized spacial score (nSPS) is 10.1. The van der Waals surface area contributed by atoms with Crippen molar-refractivity contribution in [1.29, 1.82) is 5.26 Å². The van der Waals surface area contributed by atoms with Gasteiger partial charge in [-0.25, -0.2) is 4.98 Å². The number of pyridine rings is 2. The predicted molar refractivity (Wildman–Crippen MR) is 99.1 cm³/mol. The number of carbonyl (C=O) groups excluding carboxylic acids is 1. The van der Waals surface area contributed by atoms with Gasteiger partial charge in [0.25, 0.3) is 0 Å². The molecule has 0 fully saturated rings. The number of nitrogens with zero attached hydrogens (tertiary/aromatic N) is 3. The number of ether oxygens (including phenoxy) is 1. The fraction of sp³-hybridized carbons (Fsp3) is 0.100. The van der Waals surface area contributed by atoms with E-state index in [0.29, 0.717) is 16.3 Å². The number of esters is 1. The van der Waals surface area contributed by atoms with Crippen molar-refractivity contribution in [2.75, 3.05) is 5.75 Å². The third-order valence-corrected chi connectivity index (χ3v) is 4.47. The number of hydrogen-bond acceptors (Lipinski definition) is 6. The fourth-order valence-electron chi connectivity index (χ4n) is 2.22. The molecule has 2 aromatic heterocycles. The Morgan fingerprint density at radius 1 is 1.12 bits per heavy atom. The largest absolute Gasteiger partial charge is 0.460 e. The lowest BCUT2D eigenvalue weighted by atomic mass is 10.2. The molecule has 0 aliphatic rings. The number of benzene rings is 1.